The number of carbonyl (C=O) groups excluding carboxylic acids is 1. The Morgan fingerprint density at radius 3 is 2.72 bits per heavy atom. The highest BCUT2D eigenvalue weighted by Crippen LogP contribution is 2.29. The molecule has 2 aliphatic rings. The number of hydrogen-bond donors (Lipinski definition) is 3. The van der Waals surface area contributed by atoms with Gasteiger partial charge in [0.15, 0.2) is 0 Å². The molecular weight excluding hydrogens is 368 g/mol. The molecule has 1 aliphatic carbocycles. The first kappa shape index (κ1) is 20.0. The Labute approximate surface area is 171 Å². The van der Waals surface area contributed by atoms with Crippen LogP contribution >= 0.6 is 0 Å². The molecule has 4 rings (SSSR count). The van der Waals surface area contributed by atoms with E-state index < -0.39 is 12.1 Å². The third kappa shape index (κ3) is 4.85. The molecule has 2 fully saturated rings. The molecule has 1 saturated heterocycles. The lowest BCUT2D eigenvalue weighted by molar-refractivity contribution is -0.125. The SMILES string of the molecule is CC(NC(=O)C1NCCC1O)c1ccc(-c2noc(CCC3CCCC3)n2)cc1. The first-order chi connectivity index (χ1) is 14.1. The maximum Gasteiger partial charge on any atom is 0.240 e. The molecule has 1 amide bonds. The Balaban J connectivity index is 1.33. The maximum atomic E-state index is 12.3. The van der Waals surface area contributed by atoms with Crippen LogP contribution in [0, 0.1) is 5.92 Å². The molecule has 2 aromatic rings. The smallest absolute Gasteiger partial charge is 0.240 e. The van der Waals surface area contributed by atoms with Gasteiger partial charge in [-0.05, 0) is 37.8 Å². The third-order valence-electron chi connectivity index (χ3n) is 6.21. The Morgan fingerprint density at radius 1 is 1.28 bits per heavy atom. The molecule has 3 atom stereocenters. The van der Waals surface area contributed by atoms with Crippen molar-refractivity contribution in [3.8, 4) is 11.4 Å². The van der Waals surface area contributed by atoms with Crippen molar-refractivity contribution in [2.24, 2.45) is 5.92 Å². The number of benzene rings is 1. The van der Waals surface area contributed by atoms with Gasteiger partial charge in [0.2, 0.25) is 17.6 Å². The molecule has 2 heterocycles. The zero-order chi connectivity index (χ0) is 20.2. The van der Waals surface area contributed by atoms with Crippen molar-refractivity contribution >= 4 is 5.91 Å². The lowest BCUT2D eigenvalue weighted by atomic mass is 10.0. The number of nitrogens with one attached hydrogen (secondary N) is 2. The highest BCUT2D eigenvalue weighted by molar-refractivity contribution is 5.83. The summed E-state index contributed by atoms with van der Waals surface area (Å²) in [6.07, 6.45) is 7.31. The average Bonchev–Trinajstić information content (AvgIpc) is 3.48. The monoisotopic (exact) mass is 398 g/mol. The number of aliphatic hydroxyl groups is 1. The highest BCUT2D eigenvalue weighted by Gasteiger charge is 2.31. The van der Waals surface area contributed by atoms with Crippen molar-refractivity contribution in [3.63, 3.8) is 0 Å². The van der Waals surface area contributed by atoms with Crippen molar-refractivity contribution in [2.45, 2.75) is 70.1 Å². The second kappa shape index (κ2) is 9.05. The van der Waals surface area contributed by atoms with E-state index in [2.05, 4.69) is 20.8 Å². The lowest BCUT2D eigenvalue weighted by Crippen LogP contribution is -2.46. The number of aryl methyl sites for hydroxylation is 1. The summed E-state index contributed by atoms with van der Waals surface area (Å²) in [6, 6.07) is 7.15. The average molecular weight is 399 g/mol. The number of carbonyl (C=O) groups is 1. The van der Waals surface area contributed by atoms with E-state index >= 15 is 0 Å². The Morgan fingerprint density at radius 2 is 2.03 bits per heavy atom. The molecule has 7 nitrogen and oxygen atoms in total. The molecule has 1 saturated carbocycles. The zero-order valence-electron chi connectivity index (χ0n) is 16.9. The van der Waals surface area contributed by atoms with Gasteiger partial charge in [-0.2, -0.15) is 4.98 Å². The van der Waals surface area contributed by atoms with Gasteiger partial charge in [-0.25, -0.2) is 0 Å². The van der Waals surface area contributed by atoms with Crippen LogP contribution in [0.25, 0.3) is 11.4 Å². The number of rotatable bonds is 7. The molecule has 3 unspecified atom stereocenters. The van der Waals surface area contributed by atoms with Gasteiger partial charge in [0.25, 0.3) is 0 Å². The number of aliphatic hydroxyl groups excluding tert-OH is 1. The maximum absolute atomic E-state index is 12.3. The molecule has 1 aliphatic heterocycles. The van der Waals surface area contributed by atoms with Gasteiger partial charge in [0.1, 0.15) is 6.04 Å². The van der Waals surface area contributed by atoms with Gasteiger partial charge in [-0.3, -0.25) is 4.79 Å². The van der Waals surface area contributed by atoms with Crippen LogP contribution in [-0.2, 0) is 11.2 Å². The van der Waals surface area contributed by atoms with Crippen LogP contribution in [0.4, 0.5) is 0 Å². The molecule has 0 bridgehead atoms. The van der Waals surface area contributed by atoms with E-state index in [1.807, 2.05) is 31.2 Å². The third-order valence-corrected chi connectivity index (χ3v) is 6.21. The molecule has 1 aromatic carbocycles. The van der Waals surface area contributed by atoms with Crippen LogP contribution in [-0.4, -0.2) is 39.8 Å². The van der Waals surface area contributed by atoms with Gasteiger partial charge >= 0.3 is 0 Å². The normalized spacial score (nSPS) is 23.4. The van der Waals surface area contributed by atoms with Crippen molar-refractivity contribution < 1.29 is 14.4 Å². The molecule has 29 heavy (non-hydrogen) atoms. The summed E-state index contributed by atoms with van der Waals surface area (Å²) in [5, 5.41) is 20.0. The molecule has 1 aromatic heterocycles. The number of amides is 1. The summed E-state index contributed by atoms with van der Waals surface area (Å²) < 4.78 is 5.43. The fourth-order valence-electron chi connectivity index (χ4n) is 4.36. The topological polar surface area (TPSA) is 100 Å². The van der Waals surface area contributed by atoms with Gasteiger partial charge in [0, 0.05) is 12.0 Å². The standard InChI is InChI=1S/C22H30N4O3/c1-14(24-22(28)20-18(27)12-13-23-20)16-7-9-17(10-8-16)21-25-19(29-26-21)11-6-15-4-2-3-5-15/h7-10,14-15,18,20,23,27H,2-6,11-13H2,1H3,(H,24,28). The van der Waals surface area contributed by atoms with E-state index in [1.54, 1.807) is 0 Å². The Bertz CT molecular complexity index is 814. The van der Waals surface area contributed by atoms with Crippen LogP contribution in [0.3, 0.4) is 0 Å². The van der Waals surface area contributed by atoms with E-state index in [0.717, 1.165) is 29.9 Å². The Hall–Kier alpha value is -2.25. The molecule has 7 heteroatoms. The van der Waals surface area contributed by atoms with E-state index in [0.29, 0.717) is 24.7 Å². The van der Waals surface area contributed by atoms with Crippen molar-refractivity contribution in [2.75, 3.05) is 6.54 Å². The van der Waals surface area contributed by atoms with Crippen molar-refractivity contribution in [3.05, 3.63) is 35.7 Å². The summed E-state index contributed by atoms with van der Waals surface area (Å²) in [5.74, 6) is 1.95. The molecular formula is C22H30N4O3. The van der Waals surface area contributed by atoms with Crippen LogP contribution < -0.4 is 10.6 Å². The lowest BCUT2D eigenvalue weighted by Gasteiger charge is -2.19. The number of aromatic nitrogens is 2. The van der Waals surface area contributed by atoms with E-state index in [4.69, 9.17) is 4.52 Å². The highest BCUT2D eigenvalue weighted by atomic mass is 16.5. The van der Waals surface area contributed by atoms with Crippen LogP contribution in [0.15, 0.2) is 28.8 Å². The summed E-state index contributed by atoms with van der Waals surface area (Å²) >= 11 is 0. The minimum absolute atomic E-state index is 0.154. The van der Waals surface area contributed by atoms with Crippen LogP contribution in [0.2, 0.25) is 0 Å². The largest absolute Gasteiger partial charge is 0.391 e. The number of nitrogens with zero attached hydrogens (tertiary/aromatic N) is 2. The summed E-state index contributed by atoms with van der Waals surface area (Å²) in [6.45, 7) is 2.60. The minimum atomic E-state index is -0.620. The second-order valence-electron chi connectivity index (χ2n) is 8.34. The number of hydrogen-bond acceptors (Lipinski definition) is 6. The summed E-state index contributed by atoms with van der Waals surface area (Å²) in [7, 11) is 0. The second-order valence-corrected chi connectivity index (χ2v) is 8.34. The molecule has 3 N–H and O–H groups in total. The molecule has 0 spiro atoms. The van der Waals surface area contributed by atoms with E-state index in [-0.39, 0.29) is 11.9 Å². The predicted molar refractivity (Wildman–Crippen MR) is 109 cm³/mol. The summed E-state index contributed by atoms with van der Waals surface area (Å²) in [5.41, 5.74) is 1.88. The van der Waals surface area contributed by atoms with Gasteiger partial charge < -0.3 is 20.3 Å². The fraction of sp³-hybridized carbons (Fsp3) is 0.591. The predicted octanol–water partition coefficient (Wildman–Crippen LogP) is 2.76. The molecule has 156 valence electrons. The van der Waals surface area contributed by atoms with E-state index in [9.17, 15) is 9.90 Å². The zero-order valence-corrected chi connectivity index (χ0v) is 16.9. The van der Waals surface area contributed by atoms with Gasteiger partial charge in [-0.1, -0.05) is 55.1 Å². The summed E-state index contributed by atoms with van der Waals surface area (Å²) in [4.78, 5) is 16.9. The Kier molecular flexibility index (Phi) is 6.25. The quantitative estimate of drug-likeness (QED) is 0.663. The fourth-order valence-corrected chi connectivity index (χ4v) is 4.36. The first-order valence-corrected chi connectivity index (χ1v) is 10.7. The van der Waals surface area contributed by atoms with Crippen molar-refractivity contribution in [1.29, 1.82) is 0 Å². The van der Waals surface area contributed by atoms with Crippen LogP contribution in [0.1, 0.15) is 62.9 Å². The molecule has 0 radical (unpaired) electrons. The van der Waals surface area contributed by atoms with Gasteiger partial charge in [0.05, 0.1) is 12.1 Å². The van der Waals surface area contributed by atoms with Gasteiger partial charge in [-0.15, -0.1) is 0 Å². The minimum Gasteiger partial charge on any atom is -0.391 e. The van der Waals surface area contributed by atoms with Crippen LogP contribution in [0.5, 0.6) is 0 Å². The van der Waals surface area contributed by atoms with Crippen molar-refractivity contribution in [1.82, 2.24) is 20.8 Å². The first-order valence-electron chi connectivity index (χ1n) is 10.7. The van der Waals surface area contributed by atoms with E-state index in [1.165, 1.54) is 25.7 Å².